The largest absolute Gasteiger partial charge is 0.457 e. The Morgan fingerprint density at radius 1 is 1.19 bits per heavy atom. The van der Waals surface area contributed by atoms with E-state index in [4.69, 9.17) is 4.42 Å². The van der Waals surface area contributed by atoms with Gasteiger partial charge in [-0.1, -0.05) is 18.2 Å². The van der Waals surface area contributed by atoms with Crippen LogP contribution in [-0.4, -0.2) is 4.92 Å². The molecule has 1 heterocycles. The lowest BCUT2D eigenvalue weighted by molar-refractivity contribution is -0.384. The fourth-order valence-corrected chi connectivity index (χ4v) is 2.88. The summed E-state index contributed by atoms with van der Waals surface area (Å²) in [6.07, 6.45) is 1.67. The summed E-state index contributed by atoms with van der Waals surface area (Å²) in [6, 6.07) is 18.0. The smallest absolute Gasteiger partial charge is 0.270 e. The molecule has 128 valence electrons. The summed E-state index contributed by atoms with van der Waals surface area (Å²) in [4.78, 5) is 10.6. The molecule has 0 amide bonds. The molecule has 0 aliphatic carbocycles. The van der Waals surface area contributed by atoms with E-state index < -0.39 is 4.92 Å². The molecule has 3 aromatic rings. The molecular weight excluding hydrogens is 443 g/mol. The van der Waals surface area contributed by atoms with Crippen molar-refractivity contribution >= 4 is 39.9 Å². The Balaban J connectivity index is 1.97. The molecule has 26 heavy (non-hydrogen) atoms. The van der Waals surface area contributed by atoms with Crippen LogP contribution in [0.1, 0.15) is 16.9 Å². The third kappa shape index (κ3) is 3.83. The summed E-state index contributed by atoms with van der Waals surface area (Å²) >= 11 is 2.21. The number of hydrogen-bond donors (Lipinski definition) is 0. The minimum absolute atomic E-state index is 0.00990. The number of furan rings is 1. The van der Waals surface area contributed by atoms with Crippen LogP contribution in [-0.2, 0) is 0 Å². The van der Waals surface area contributed by atoms with Gasteiger partial charge in [-0.15, -0.1) is 0 Å². The monoisotopic (exact) mass is 456 g/mol. The molecule has 0 spiro atoms. The maximum atomic E-state index is 11.0. The van der Waals surface area contributed by atoms with E-state index in [1.807, 2.05) is 31.2 Å². The normalized spacial score (nSPS) is 11.2. The topological polar surface area (TPSA) is 80.1 Å². The van der Waals surface area contributed by atoms with Crippen molar-refractivity contribution in [2.45, 2.75) is 6.92 Å². The van der Waals surface area contributed by atoms with Crippen molar-refractivity contribution in [3.8, 4) is 17.4 Å². The lowest BCUT2D eigenvalue weighted by Gasteiger charge is -2.02. The maximum Gasteiger partial charge on any atom is 0.270 e. The molecule has 0 bridgehead atoms. The first-order valence-corrected chi connectivity index (χ1v) is 8.79. The second kappa shape index (κ2) is 7.54. The number of nitriles is 1. The molecule has 0 radical (unpaired) electrons. The molecule has 0 aliphatic rings. The standard InChI is InChI=1S/C20H13IN2O3/c1-13-2-7-17(23(24)25)11-19(13)20-9-8-18(26-20)10-15(12-22)14-3-5-16(21)6-4-14/h2-11H,1H3/b15-10-. The molecule has 3 rings (SSSR count). The van der Waals surface area contributed by atoms with E-state index in [-0.39, 0.29) is 5.69 Å². The van der Waals surface area contributed by atoms with Crippen LogP contribution in [0.2, 0.25) is 0 Å². The molecule has 0 saturated heterocycles. The molecule has 0 unspecified atom stereocenters. The number of allylic oxidation sites excluding steroid dienone is 1. The number of benzene rings is 2. The summed E-state index contributed by atoms with van der Waals surface area (Å²) in [5.41, 5.74) is 2.83. The van der Waals surface area contributed by atoms with E-state index >= 15 is 0 Å². The van der Waals surface area contributed by atoms with E-state index in [2.05, 4.69) is 28.7 Å². The zero-order valence-electron chi connectivity index (χ0n) is 13.8. The lowest BCUT2D eigenvalue weighted by Crippen LogP contribution is -1.89. The molecule has 0 atom stereocenters. The highest BCUT2D eigenvalue weighted by molar-refractivity contribution is 14.1. The fraction of sp³-hybridized carbons (Fsp3) is 0.0500. The number of non-ortho nitro benzene ring substituents is 1. The van der Waals surface area contributed by atoms with E-state index in [1.54, 1.807) is 24.3 Å². The fourth-order valence-electron chi connectivity index (χ4n) is 2.52. The van der Waals surface area contributed by atoms with Crippen LogP contribution in [0.3, 0.4) is 0 Å². The predicted molar refractivity (Wildman–Crippen MR) is 108 cm³/mol. The summed E-state index contributed by atoms with van der Waals surface area (Å²) in [7, 11) is 0. The average Bonchev–Trinajstić information content (AvgIpc) is 3.09. The van der Waals surface area contributed by atoms with Crippen LogP contribution < -0.4 is 0 Å². The van der Waals surface area contributed by atoms with Crippen molar-refractivity contribution in [1.29, 1.82) is 5.26 Å². The van der Waals surface area contributed by atoms with Gasteiger partial charge in [0.1, 0.15) is 11.5 Å². The number of nitro benzene ring substituents is 1. The van der Waals surface area contributed by atoms with Gasteiger partial charge in [0.2, 0.25) is 0 Å². The summed E-state index contributed by atoms with van der Waals surface area (Å²) < 4.78 is 6.90. The number of aryl methyl sites for hydroxylation is 1. The summed E-state index contributed by atoms with van der Waals surface area (Å²) in [5.74, 6) is 1.04. The number of nitrogens with zero attached hydrogens (tertiary/aromatic N) is 2. The molecule has 0 fully saturated rings. The van der Waals surface area contributed by atoms with E-state index in [0.717, 1.165) is 14.7 Å². The average molecular weight is 456 g/mol. The van der Waals surface area contributed by atoms with Crippen LogP contribution >= 0.6 is 22.6 Å². The Kier molecular flexibility index (Phi) is 5.19. The van der Waals surface area contributed by atoms with Gasteiger partial charge >= 0.3 is 0 Å². The first kappa shape index (κ1) is 17.9. The minimum Gasteiger partial charge on any atom is -0.457 e. The van der Waals surface area contributed by atoms with Gasteiger partial charge in [0.25, 0.3) is 5.69 Å². The SMILES string of the molecule is Cc1ccc([N+](=O)[O-])cc1-c1ccc(/C=C(/C#N)c2ccc(I)cc2)o1. The molecular formula is C20H13IN2O3. The zero-order chi connectivity index (χ0) is 18.7. The number of rotatable bonds is 4. The highest BCUT2D eigenvalue weighted by atomic mass is 127. The van der Waals surface area contributed by atoms with E-state index in [1.165, 1.54) is 12.1 Å². The van der Waals surface area contributed by atoms with Gasteiger partial charge in [-0.25, -0.2) is 0 Å². The van der Waals surface area contributed by atoms with Gasteiger partial charge in [-0.3, -0.25) is 10.1 Å². The molecule has 0 N–H and O–H groups in total. The zero-order valence-corrected chi connectivity index (χ0v) is 15.9. The minimum atomic E-state index is -0.433. The molecule has 5 nitrogen and oxygen atoms in total. The van der Waals surface area contributed by atoms with Crippen LogP contribution in [0.25, 0.3) is 23.0 Å². The quantitative estimate of drug-likeness (QED) is 0.214. The predicted octanol–water partition coefficient (Wildman–Crippen LogP) is 5.83. The Bertz CT molecular complexity index is 1040. The summed E-state index contributed by atoms with van der Waals surface area (Å²) in [6.45, 7) is 1.86. The van der Waals surface area contributed by atoms with Crippen LogP contribution in [0.4, 0.5) is 5.69 Å². The van der Waals surface area contributed by atoms with Crippen molar-refractivity contribution in [2.24, 2.45) is 0 Å². The second-order valence-corrected chi connectivity index (χ2v) is 6.88. The Morgan fingerprint density at radius 2 is 1.92 bits per heavy atom. The van der Waals surface area contributed by atoms with Gasteiger partial charge in [0.05, 0.1) is 16.6 Å². The van der Waals surface area contributed by atoms with Crippen LogP contribution in [0, 0.1) is 31.9 Å². The first-order chi connectivity index (χ1) is 12.5. The van der Waals surface area contributed by atoms with Crippen LogP contribution in [0.15, 0.2) is 59.0 Å². The van der Waals surface area contributed by atoms with Crippen LogP contribution in [0.5, 0.6) is 0 Å². The number of hydrogen-bond acceptors (Lipinski definition) is 4. The van der Waals surface area contributed by atoms with Crippen molar-refractivity contribution in [1.82, 2.24) is 0 Å². The molecule has 0 saturated carbocycles. The van der Waals surface area contributed by atoms with Gasteiger partial charge in [0, 0.05) is 21.3 Å². The summed E-state index contributed by atoms with van der Waals surface area (Å²) in [5, 5.41) is 20.4. The first-order valence-electron chi connectivity index (χ1n) is 7.71. The van der Waals surface area contributed by atoms with Gasteiger partial charge in [-0.05, 0) is 71.0 Å². The van der Waals surface area contributed by atoms with E-state index in [9.17, 15) is 15.4 Å². The van der Waals surface area contributed by atoms with Gasteiger partial charge < -0.3 is 4.42 Å². The number of halogens is 1. The van der Waals surface area contributed by atoms with Crippen molar-refractivity contribution in [3.05, 3.63) is 85.2 Å². The Hall–Kier alpha value is -2.92. The highest BCUT2D eigenvalue weighted by Crippen LogP contribution is 2.30. The second-order valence-electron chi connectivity index (χ2n) is 5.64. The molecule has 1 aromatic heterocycles. The third-order valence-electron chi connectivity index (χ3n) is 3.89. The van der Waals surface area contributed by atoms with Crippen molar-refractivity contribution < 1.29 is 9.34 Å². The Labute approximate surface area is 163 Å². The maximum absolute atomic E-state index is 11.0. The number of nitro groups is 1. The van der Waals surface area contributed by atoms with Gasteiger partial charge in [0.15, 0.2) is 0 Å². The van der Waals surface area contributed by atoms with Crippen molar-refractivity contribution in [2.75, 3.05) is 0 Å². The Morgan fingerprint density at radius 3 is 2.58 bits per heavy atom. The highest BCUT2D eigenvalue weighted by Gasteiger charge is 2.13. The molecule has 0 aliphatic heterocycles. The molecule has 6 heteroatoms. The van der Waals surface area contributed by atoms with E-state index in [0.29, 0.717) is 22.7 Å². The molecule has 2 aromatic carbocycles. The lowest BCUT2D eigenvalue weighted by atomic mass is 10.1. The van der Waals surface area contributed by atoms with Crippen molar-refractivity contribution in [3.63, 3.8) is 0 Å². The van der Waals surface area contributed by atoms with Gasteiger partial charge in [-0.2, -0.15) is 5.26 Å². The third-order valence-corrected chi connectivity index (χ3v) is 4.61.